The third kappa shape index (κ3) is 2.58. The lowest BCUT2D eigenvalue weighted by molar-refractivity contribution is 0.511. The lowest BCUT2D eigenvalue weighted by Crippen LogP contribution is -2.23. The molecule has 3 rings (SSSR count). The molecule has 0 atom stereocenters. The highest BCUT2D eigenvalue weighted by Crippen LogP contribution is 2.40. The predicted molar refractivity (Wildman–Crippen MR) is 91.7 cm³/mol. The van der Waals surface area contributed by atoms with E-state index in [1.54, 1.807) is 12.1 Å². The van der Waals surface area contributed by atoms with E-state index in [2.05, 4.69) is 17.5 Å². The van der Waals surface area contributed by atoms with Gasteiger partial charge < -0.3 is 9.73 Å². The Hall–Kier alpha value is -2.95. The number of hydrogen-bond donors (Lipinski definition) is 1. The van der Waals surface area contributed by atoms with Gasteiger partial charge in [-0.3, -0.25) is 0 Å². The maximum Gasteiger partial charge on any atom is 0.135 e. The van der Waals surface area contributed by atoms with Gasteiger partial charge in [0.15, 0.2) is 0 Å². The first-order valence-corrected chi connectivity index (χ1v) is 7.78. The zero-order valence-corrected chi connectivity index (χ0v) is 14.0. The van der Waals surface area contributed by atoms with Crippen molar-refractivity contribution in [3.8, 4) is 23.5 Å². The quantitative estimate of drug-likeness (QED) is 0.848. The Labute approximate surface area is 145 Å². The second kappa shape index (κ2) is 6.28. The number of nitriles is 2. The lowest BCUT2D eigenvalue weighted by Gasteiger charge is -2.24. The van der Waals surface area contributed by atoms with Gasteiger partial charge in [-0.25, -0.2) is 0 Å². The van der Waals surface area contributed by atoms with E-state index in [4.69, 9.17) is 16.0 Å². The fourth-order valence-electron chi connectivity index (χ4n) is 2.89. The van der Waals surface area contributed by atoms with Gasteiger partial charge in [-0.2, -0.15) is 10.5 Å². The molecule has 1 aromatic carbocycles. The van der Waals surface area contributed by atoms with Crippen molar-refractivity contribution in [1.29, 1.82) is 10.5 Å². The van der Waals surface area contributed by atoms with Gasteiger partial charge in [-0.1, -0.05) is 23.7 Å². The minimum Gasteiger partial charge on any atom is -0.460 e. The molecule has 2 aromatic rings. The summed E-state index contributed by atoms with van der Waals surface area (Å²) in [5, 5.41) is 22.7. The van der Waals surface area contributed by atoms with Crippen LogP contribution < -0.4 is 5.32 Å². The summed E-state index contributed by atoms with van der Waals surface area (Å²) in [5.41, 5.74) is 3.21. The van der Waals surface area contributed by atoms with Gasteiger partial charge in [0.25, 0.3) is 0 Å². The molecule has 0 saturated carbocycles. The highest BCUT2D eigenvalue weighted by molar-refractivity contribution is 6.33. The number of nitrogens with one attached hydrogen (secondary N) is 1. The molecular formula is C19H14ClN3O. The first-order chi connectivity index (χ1) is 11.6. The minimum atomic E-state index is -0.502. The molecule has 0 bridgehead atoms. The van der Waals surface area contributed by atoms with E-state index in [1.807, 2.05) is 38.1 Å². The number of nitrogens with zero attached hydrogens (tertiary/aromatic N) is 2. The molecule has 118 valence electrons. The van der Waals surface area contributed by atoms with Crippen molar-refractivity contribution in [1.82, 2.24) is 5.32 Å². The fourth-order valence-corrected chi connectivity index (χ4v) is 3.12. The molecule has 4 nitrogen and oxygen atoms in total. The average Bonchev–Trinajstić information content (AvgIpc) is 3.04. The van der Waals surface area contributed by atoms with E-state index in [-0.39, 0.29) is 0 Å². The number of rotatable bonds is 2. The summed E-state index contributed by atoms with van der Waals surface area (Å²) in [6.07, 6.45) is 0. The smallest absolute Gasteiger partial charge is 0.135 e. The van der Waals surface area contributed by atoms with E-state index in [9.17, 15) is 10.5 Å². The molecule has 0 aliphatic carbocycles. The lowest BCUT2D eigenvalue weighted by atomic mass is 9.85. The third-order valence-corrected chi connectivity index (χ3v) is 4.38. The summed E-state index contributed by atoms with van der Waals surface area (Å²) in [7, 11) is 0. The van der Waals surface area contributed by atoms with Crippen molar-refractivity contribution >= 4 is 11.6 Å². The maximum absolute atomic E-state index is 9.52. The van der Waals surface area contributed by atoms with Crippen LogP contribution in [0.3, 0.4) is 0 Å². The van der Waals surface area contributed by atoms with Crippen LogP contribution >= 0.6 is 11.6 Å². The largest absolute Gasteiger partial charge is 0.460 e. The number of halogens is 1. The second-order valence-electron chi connectivity index (χ2n) is 5.54. The maximum atomic E-state index is 9.52. The zero-order valence-electron chi connectivity index (χ0n) is 13.2. The Bertz CT molecular complexity index is 917. The van der Waals surface area contributed by atoms with E-state index in [1.165, 1.54) is 0 Å². The summed E-state index contributed by atoms with van der Waals surface area (Å²) < 4.78 is 5.97. The second-order valence-corrected chi connectivity index (χ2v) is 5.95. The van der Waals surface area contributed by atoms with Crippen molar-refractivity contribution in [3.63, 3.8) is 0 Å². The van der Waals surface area contributed by atoms with Crippen molar-refractivity contribution in [2.75, 3.05) is 0 Å². The van der Waals surface area contributed by atoms with Crippen LogP contribution in [0.2, 0.25) is 5.02 Å². The molecular weight excluding hydrogens is 322 g/mol. The summed E-state index contributed by atoms with van der Waals surface area (Å²) >= 11 is 6.22. The normalized spacial score (nSPS) is 15.0. The van der Waals surface area contributed by atoms with Gasteiger partial charge in [0.1, 0.15) is 11.5 Å². The Balaban J connectivity index is 2.11. The van der Waals surface area contributed by atoms with Crippen molar-refractivity contribution in [2.24, 2.45) is 0 Å². The number of allylic oxidation sites excluding steroid dienone is 4. The first-order valence-electron chi connectivity index (χ1n) is 7.40. The molecule has 0 unspecified atom stereocenters. The highest BCUT2D eigenvalue weighted by Gasteiger charge is 2.31. The van der Waals surface area contributed by atoms with Crippen molar-refractivity contribution in [2.45, 2.75) is 19.8 Å². The van der Waals surface area contributed by atoms with Crippen LogP contribution in [0, 0.1) is 22.7 Å². The monoisotopic (exact) mass is 335 g/mol. The number of furan rings is 1. The Morgan fingerprint density at radius 1 is 1.00 bits per heavy atom. The zero-order chi connectivity index (χ0) is 17.3. The number of dihydropyridines is 1. The molecule has 5 heteroatoms. The van der Waals surface area contributed by atoms with Gasteiger partial charge >= 0.3 is 0 Å². The first kappa shape index (κ1) is 15.9. The molecule has 1 N–H and O–H groups in total. The topological polar surface area (TPSA) is 72.8 Å². The van der Waals surface area contributed by atoms with Crippen LogP contribution in [0.1, 0.15) is 25.5 Å². The standard InChI is InChI=1S/C19H14ClN3O/c1-11-14(9-21)19(15(10-22)12(2)23-11)18-8-7-17(24-18)13-5-3-4-6-16(13)20/h3-8,19,23H,1-2H3. The van der Waals surface area contributed by atoms with Crippen LogP contribution in [0.5, 0.6) is 0 Å². The minimum absolute atomic E-state index is 0.484. The summed E-state index contributed by atoms with van der Waals surface area (Å²) in [5.74, 6) is 0.662. The number of hydrogen-bond acceptors (Lipinski definition) is 4. The van der Waals surface area contributed by atoms with E-state index in [0.29, 0.717) is 27.7 Å². The molecule has 0 amide bonds. The summed E-state index contributed by atoms with van der Waals surface area (Å²) in [6, 6.07) is 15.4. The Morgan fingerprint density at radius 2 is 1.62 bits per heavy atom. The molecule has 24 heavy (non-hydrogen) atoms. The molecule has 1 aromatic heterocycles. The van der Waals surface area contributed by atoms with Gasteiger partial charge in [0.05, 0.1) is 34.2 Å². The molecule has 0 fully saturated rings. The van der Waals surface area contributed by atoms with Crippen LogP contribution in [-0.4, -0.2) is 0 Å². The third-order valence-electron chi connectivity index (χ3n) is 4.05. The van der Waals surface area contributed by atoms with Crippen LogP contribution in [0.15, 0.2) is 63.4 Å². The van der Waals surface area contributed by atoms with Gasteiger partial charge in [-0.15, -0.1) is 0 Å². The van der Waals surface area contributed by atoms with E-state index in [0.717, 1.165) is 17.0 Å². The summed E-state index contributed by atoms with van der Waals surface area (Å²) in [4.78, 5) is 0. The number of benzene rings is 1. The highest BCUT2D eigenvalue weighted by atomic mass is 35.5. The fraction of sp³-hybridized carbons (Fsp3) is 0.158. The Morgan fingerprint density at radius 3 is 2.21 bits per heavy atom. The predicted octanol–water partition coefficient (Wildman–Crippen LogP) is 4.88. The van der Waals surface area contributed by atoms with Gasteiger partial charge in [0.2, 0.25) is 0 Å². The summed E-state index contributed by atoms with van der Waals surface area (Å²) in [6.45, 7) is 3.64. The van der Waals surface area contributed by atoms with Gasteiger partial charge in [0, 0.05) is 17.0 Å². The van der Waals surface area contributed by atoms with Crippen LogP contribution in [0.4, 0.5) is 0 Å². The SMILES string of the molecule is CC1=C(C#N)C(c2ccc(-c3ccccc3Cl)o2)C(C#N)=C(C)N1. The van der Waals surface area contributed by atoms with Gasteiger partial charge in [-0.05, 0) is 38.1 Å². The molecule has 1 aliphatic rings. The van der Waals surface area contributed by atoms with E-state index < -0.39 is 5.92 Å². The van der Waals surface area contributed by atoms with Crippen molar-refractivity contribution < 1.29 is 4.42 Å². The average molecular weight is 336 g/mol. The molecule has 2 heterocycles. The van der Waals surface area contributed by atoms with Crippen LogP contribution in [0.25, 0.3) is 11.3 Å². The van der Waals surface area contributed by atoms with E-state index >= 15 is 0 Å². The molecule has 1 aliphatic heterocycles. The molecule has 0 spiro atoms. The van der Waals surface area contributed by atoms with Crippen LogP contribution in [-0.2, 0) is 0 Å². The van der Waals surface area contributed by atoms with Crippen molar-refractivity contribution in [3.05, 3.63) is 69.7 Å². The Kier molecular flexibility index (Phi) is 4.16. The molecule has 0 radical (unpaired) electrons. The molecule has 0 saturated heterocycles.